The Bertz CT molecular complexity index is 1860. The Labute approximate surface area is 325 Å². The van der Waals surface area contributed by atoms with Crippen molar-refractivity contribution in [2.24, 2.45) is 11.7 Å². The van der Waals surface area contributed by atoms with Gasteiger partial charge in [-0.3, -0.25) is 24.0 Å². The zero-order valence-corrected chi connectivity index (χ0v) is 33.1. The third-order valence-electron chi connectivity index (χ3n) is 11.5. The number of benzene rings is 1. The number of aliphatic hydroxyl groups is 1. The number of likely N-dealkylation sites (tertiary alicyclic amines) is 1. The third kappa shape index (κ3) is 8.92. The number of nitrogens with zero attached hydrogens (tertiary/aromatic N) is 5. The van der Waals surface area contributed by atoms with Crippen LogP contribution in [0, 0.1) is 5.92 Å². The number of nitrogens with one attached hydrogen (secondary N) is 2. The first-order valence-electron chi connectivity index (χ1n) is 19.2. The van der Waals surface area contributed by atoms with Crippen LogP contribution in [0.2, 0.25) is 0 Å². The van der Waals surface area contributed by atoms with Gasteiger partial charge in [0.2, 0.25) is 27.6 Å². The van der Waals surface area contributed by atoms with Gasteiger partial charge < -0.3 is 26.4 Å². The number of amides is 4. The molecule has 4 amide bonds. The van der Waals surface area contributed by atoms with Crippen molar-refractivity contribution >= 4 is 51.2 Å². The highest BCUT2D eigenvalue weighted by molar-refractivity contribution is 7.99. The molecule has 3 aliphatic heterocycles. The van der Waals surface area contributed by atoms with Crippen molar-refractivity contribution in [3.8, 4) is 0 Å². The van der Waals surface area contributed by atoms with Crippen LogP contribution in [0.15, 0.2) is 35.4 Å². The molecule has 1 unspecified atom stereocenters. The minimum absolute atomic E-state index is 0.0178. The lowest BCUT2D eigenvalue weighted by Crippen LogP contribution is -2.63. The molecule has 0 spiro atoms. The number of carbonyl (C=O) groups is 5. The zero-order valence-electron chi connectivity index (χ0n) is 31.4. The Morgan fingerprint density at radius 3 is 2.29 bits per heavy atom. The van der Waals surface area contributed by atoms with Crippen LogP contribution >= 0.6 is 11.8 Å². The Morgan fingerprint density at radius 2 is 1.67 bits per heavy atom. The molecular formula is C37H52N8O8S2. The van der Waals surface area contributed by atoms with Gasteiger partial charge in [-0.2, -0.15) is 16.1 Å². The van der Waals surface area contributed by atoms with Crippen molar-refractivity contribution in [3.63, 3.8) is 0 Å². The monoisotopic (exact) mass is 800 g/mol. The van der Waals surface area contributed by atoms with Crippen LogP contribution in [-0.4, -0.2) is 116 Å². The van der Waals surface area contributed by atoms with Gasteiger partial charge in [-0.25, -0.2) is 13.1 Å². The van der Waals surface area contributed by atoms with Gasteiger partial charge >= 0.3 is 0 Å². The van der Waals surface area contributed by atoms with Crippen LogP contribution in [-0.2, 0) is 34.8 Å². The number of Topliss-reactive ketones (excluding diaryl/α,β-unsaturated/α-hetero) is 1. The molecule has 2 aromatic rings. The summed E-state index contributed by atoms with van der Waals surface area (Å²) >= 11 is 1.59. The molecule has 1 saturated carbocycles. The fourth-order valence-electron chi connectivity index (χ4n) is 8.39. The van der Waals surface area contributed by atoms with Crippen LogP contribution in [0.3, 0.4) is 0 Å². The number of ketones is 1. The number of rotatable bonds is 13. The van der Waals surface area contributed by atoms with Gasteiger partial charge in [0.25, 0.3) is 11.8 Å². The number of carbonyl (C=O) groups excluding carboxylic acids is 5. The molecule has 1 aliphatic carbocycles. The molecule has 0 radical (unpaired) electrons. The van der Waals surface area contributed by atoms with Crippen molar-refractivity contribution in [2.75, 3.05) is 31.1 Å². The van der Waals surface area contributed by atoms with Crippen molar-refractivity contribution in [1.29, 1.82) is 0 Å². The summed E-state index contributed by atoms with van der Waals surface area (Å²) in [5, 5.41) is 24.9. The van der Waals surface area contributed by atoms with Crippen molar-refractivity contribution in [3.05, 3.63) is 41.7 Å². The first-order chi connectivity index (χ1) is 26.1. The lowest BCUT2D eigenvalue weighted by atomic mass is 9.84. The number of aromatic nitrogens is 3. The molecule has 1 aromatic heterocycles. The number of hydrogen-bond acceptors (Lipinski definition) is 11. The van der Waals surface area contributed by atoms with Crippen LogP contribution in [0.1, 0.15) is 107 Å². The molecular weight excluding hydrogens is 749 g/mol. The molecule has 55 heavy (non-hydrogen) atoms. The highest BCUT2D eigenvalue weighted by Crippen LogP contribution is 2.35. The number of sulfonamides is 1. The van der Waals surface area contributed by atoms with Crippen LogP contribution in [0.5, 0.6) is 0 Å². The molecule has 300 valence electrons. The average molecular weight is 801 g/mol. The number of nitrogens with two attached hydrogens (primary N) is 1. The maximum absolute atomic E-state index is 14.9. The summed E-state index contributed by atoms with van der Waals surface area (Å²) in [4.78, 5) is 69.9. The maximum Gasteiger partial charge on any atom is 0.287 e. The van der Waals surface area contributed by atoms with Crippen LogP contribution in [0.25, 0.3) is 0 Å². The van der Waals surface area contributed by atoms with Crippen LogP contribution in [0.4, 0.5) is 0 Å². The van der Waals surface area contributed by atoms with Gasteiger partial charge in [-0.15, -0.1) is 5.10 Å². The maximum atomic E-state index is 14.9. The number of thioether (sulfide) groups is 1. The first-order valence-corrected chi connectivity index (χ1v) is 21.8. The van der Waals surface area contributed by atoms with E-state index in [0.29, 0.717) is 36.7 Å². The smallest absolute Gasteiger partial charge is 0.287 e. The molecule has 5 N–H and O–H groups in total. The second kappa shape index (κ2) is 16.7. The Hall–Kier alpha value is -3.87. The van der Waals surface area contributed by atoms with E-state index in [0.717, 1.165) is 44.9 Å². The molecule has 3 atom stereocenters. The van der Waals surface area contributed by atoms with E-state index in [2.05, 4.69) is 20.9 Å². The van der Waals surface area contributed by atoms with E-state index in [4.69, 9.17) is 5.73 Å². The first kappa shape index (κ1) is 40.8. The predicted molar refractivity (Wildman–Crippen MR) is 203 cm³/mol. The van der Waals surface area contributed by atoms with E-state index in [1.807, 2.05) is 0 Å². The van der Waals surface area contributed by atoms with Crippen molar-refractivity contribution in [2.45, 2.75) is 119 Å². The Kier molecular flexibility index (Phi) is 12.4. The van der Waals surface area contributed by atoms with E-state index < -0.39 is 68.7 Å². The van der Waals surface area contributed by atoms with E-state index >= 15 is 0 Å². The number of hydrogen-bond donors (Lipinski definition) is 4. The Morgan fingerprint density at radius 1 is 1.02 bits per heavy atom. The fraction of sp³-hybridized carbons (Fsp3) is 0.649. The average Bonchev–Trinajstić information content (AvgIpc) is 3.97. The van der Waals surface area contributed by atoms with Gasteiger partial charge in [0.1, 0.15) is 23.2 Å². The van der Waals surface area contributed by atoms with E-state index in [-0.39, 0.29) is 42.2 Å². The summed E-state index contributed by atoms with van der Waals surface area (Å²) in [7, 11) is -3.70. The summed E-state index contributed by atoms with van der Waals surface area (Å²) < 4.78 is 29.2. The summed E-state index contributed by atoms with van der Waals surface area (Å²) in [6.07, 6.45) is 8.58. The normalized spacial score (nSPS) is 22.9. The molecule has 4 aliphatic rings. The molecule has 18 heteroatoms. The standard InChI is InChI=1S/C37H52N8O8S2/c1-36(2,51)30-22-39-42-45(30)26-21-29(34(49)41-37(31(46)32(38)47)14-18-54-19-15-37)44(23-26)35(50)28(20-24-8-4-3-5-9-24)40-33(48)25-10-12-27(13-11-25)55(52,53)43-16-6-7-17-43/h10-13,22,24,26,28-29,51H,3-9,14-21,23H2,1-2H3,(H2,38,47)(H,40,48)(H,41,49)/t26-,28?,29-/m0/s1. The van der Waals surface area contributed by atoms with Crippen molar-refractivity contribution in [1.82, 2.24) is 34.8 Å². The molecule has 1 aromatic carbocycles. The minimum atomic E-state index is -3.70. The second-order valence-corrected chi connectivity index (χ2v) is 19.0. The molecule has 16 nitrogen and oxygen atoms in total. The van der Waals surface area contributed by atoms with Crippen LogP contribution < -0.4 is 16.4 Å². The lowest BCUT2D eigenvalue weighted by Gasteiger charge is -2.37. The van der Waals surface area contributed by atoms with Gasteiger partial charge in [-0.05, 0) is 87.6 Å². The summed E-state index contributed by atoms with van der Waals surface area (Å²) in [6.45, 7) is 4.03. The largest absolute Gasteiger partial charge is 0.384 e. The molecule has 6 rings (SSSR count). The van der Waals surface area contributed by atoms with E-state index in [1.165, 1.54) is 44.3 Å². The second-order valence-electron chi connectivity index (χ2n) is 15.8. The summed E-state index contributed by atoms with van der Waals surface area (Å²) in [5.74, 6) is -2.59. The minimum Gasteiger partial charge on any atom is -0.384 e. The van der Waals surface area contributed by atoms with Crippen molar-refractivity contribution < 1.29 is 37.5 Å². The van der Waals surface area contributed by atoms with Gasteiger partial charge in [0.05, 0.1) is 22.8 Å². The summed E-state index contributed by atoms with van der Waals surface area (Å²) in [5.41, 5.74) is 3.14. The highest BCUT2D eigenvalue weighted by Gasteiger charge is 2.49. The Balaban J connectivity index is 1.30. The quantitative estimate of drug-likeness (QED) is 0.213. The summed E-state index contributed by atoms with van der Waals surface area (Å²) in [6, 6.07) is 2.88. The van der Waals surface area contributed by atoms with Gasteiger partial charge in [-0.1, -0.05) is 37.3 Å². The number of primary amides is 1. The zero-order chi connectivity index (χ0) is 39.5. The predicted octanol–water partition coefficient (Wildman–Crippen LogP) is 1.64. The van der Waals surface area contributed by atoms with E-state index in [1.54, 1.807) is 25.6 Å². The molecule has 3 saturated heterocycles. The lowest BCUT2D eigenvalue weighted by molar-refractivity contribution is -0.145. The third-order valence-corrected chi connectivity index (χ3v) is 14.4. The molecule has 4 fully saturated rings. The van der Waals surface area contributed by atoms with E-state index in [9.17, 15) is 37.5 Å². The van der Waals surface area contributed by atoms with Gasteiger partial charge in [0.15, 0.2) is 0 Å². The molecule has 0 bridgehead atoms. The topological polar surface area (TPSA) is 227 Å². The fourth-order valence-corrected chi connectivity index (χ4v) is 11.1. The molecule has 4 heterocycles. The highest BCUT2D eigenvalue weighted by atomic mass is 32.2. The SMILES string of the molecule is CC(C)(O)c1cnnn1[C@H]1C[C@@H](C(=O)NC2(C(=O)C(N)=O)CCSCC2)N(C(=O)C(CC2CCCCC2)NC(=O)c2ccc(S(=O)(=O)N3CCCC3)cc2)C1. The van der Waals surface area contributed by atoms with Gasteiger partial charge in [0, 0.05) is 31.6 Å².